The Hall–Kier alpha value is -4.56. The molecule has 6 rings (SSSR count). The Labute approximate surface area is 256 Å². The normalized spacial score (nSPS) is 13.9. The molecule has 0 aliphatic carbocycles. The summed E-state index contributed by atoms with van der Waals surface area (Å²) in [7, 11) is 0. The smallest absolute Gasteiger partial charge is 0.337 e. The fraction of sp³-hybridized carbons (Fsp3) is 0.306. The summed E-state index contributed by atoms with van der Waals surface area (Å²) in [6.45, 7) is 11.6. The molecule has 1 atom stereocenters. The van der Waals surface area contributed by atoms with Crippen LogP contribution >= 0.6 is 0 Å². The molecule has 44 heavy (non-hydrogen) atoms. The van der Waals surface area contributed by atoms with Crippen molar-refractivity contribution < 1.29 is 23.8 Å². The van der Waals surface area contributed by atoms with E-state index in [1.807, 2.05) is 31.2 Å². The van der Waals surface area contributed by atoms with Crippen molar-refractivity contribution in [2.75, 3.05) is 6.61 Å². The van der Waals surface area contributed by atoms with E-state index in [2.05, 4.69) is 37.3 Å². The number of fused-ring (bicyclic) bond motifs is 2. The summed E-state index contributed by atoms with van der Waals surface area (Å²) in [4.78, 5) is 17.6. The minimum Gasteiger partial charge on any atom is -0.490 e. The molecule has 8 heteroatoms. The van der Waals surface area contributed by atoms with Gasteiger partial charge in [0.1, 0.15) is 0 Å². The van der Waals surface area contributed by atoms with Gasteiger partial charge in [-0.3, -0.25) is 0 Å². The van der Waals surface area contributed by atoms with Crippen molar-refractivity contribution in [3.8, 4) is 39.4 Å². The van der Waals surface area contributed by atoms with Crippen LogP contribution in [0.4, 0.5) is 4.39 Å². The van der Waals surface area contributed by atoms with Crippen LogP contribution in [0.25, 0.3) is 39.3 Å². The molecule has 0 radical (unpaired) electrons. The number of carboxylic acids is 1. The average molecular weight is 594 g/mol. The number of aryl methyl sites for hydroxylation is 2. The Kier molecular flexibility index (Phi) is 7.49. The minimum atomic E-state index is -1.37. The molecule has 1 unspecified atom stereocenters. The van der Waals surface area contributed by atoms with Crippen molar-refractivity contribution >= 4 is 11.6 Å². The largest absolute Gasteiger partial charge is 0.490 e. The summed E-state index contributed by atoms with van der Waals surface area (Å²) in [5.74, 6) is -1.39. The lowest BCUT2D eigenvalue weighted by Crippen LogP contribution is -2.29. The first-order chi connectivity index (χ1) is 20.9. The van der Waals surface area contributed by atoms with E-state index >= 15 is 4.39 Å². The zero-order valence-electron chi connectivity index (χ0n) is 25.9. The number of ether oxygens (including phenoxy) is 2. The van der Waals surface area contributed by atoms with Crippen molar-refractivity contribution in [2.45, 2.75) is 66.1 Å². The predicted octanol–water partition coefficient (Wildman–Crippen LogP) is 8.06. The predicted molar refractivity (Wildman–Crippen MR) is 168 cm³/mol. The molecule has 0 amide bonds. The van der Waals surface area contributed by atoms with E-state index in [0.717, 1.165) is 34.2 Å². The standard InChI is InChI=1S/C36H36FN3O4/c1-20-10-7-11-23(16-20)24-12-8-13-25(17-24)29-19-30-38-22(3)31(34(35(41)42)44-36(4,5)6)32(40(30)39-29)27-18-28(37)33-26(21(27)2)14-9-15-43-33/h7-8,10-13,16-19,34H,9,14-15H2,1-6H3,(H,41,42). The van der Waals surface area contributed by atoms with Gasteiger partial charge in [-0.25, -0.2) is 18.7 Å². The van der Waals surface area contributed by atoms with Gasteiger partial charge in [0.25, 0.3) is 0 Å². The first-order valence-corrected chi connectivity index (χ1v) is 14.8. The van der Waals surface area contributed by atoms with Crippen LogP contribution in [-0.2, 0) is 16.0 Å². The summed E-state index contributed by atoms with van der Waals surface area (Å²) in [5.41, 5.74) is 7.96. The number of hydrogen-bond acceptors (Lipinski definition) is 5. The summed E-state index contributed by atoms with van der Waals surface area (Å²) in [5, 5.41) is 15.4. The molecule has 5 aromatic rings. The van der Waals surface area contributed by atoms with Crippen LogP contribution < -0.4 is 4.74 Å². The average Bonchev–Trinajstić information content (AvgIpc) is 3.40. The van der Waals surface area contributed by atoms with E-state index in [4.69, 9.17) is 19.6 Å². The van der Waals surface area contributed by atoms with Gasteiger partial charge in [-0.05, 0) is 83.2 Å². The third kappa shape index (κ3) is 5.46. The lowest BCUT2D eigenvalue weighted by Gasteiger charge is -2.28. The zero-order valence-corrected chi connectivity index (χ0v) is 25.9. The van der Waals surface area contributed by atoms with Crippen molar-refractivity contribution in [3.63, 3.8) is 0 Å². The van der Waals surface area contributed by atoms with Crippen LogP contribution in [0.5, 0.6) is 5.75 Å². The number of hydrogen-bond donors (Lipinski definition) is 1. The van der Waals surface area contributed by atoms with E-state index < -0.39 is 23.5 Å². The molecule has 7 nitrogen and oxygen atoms in total. The highest BCUT2D eigenvalue weighted by Crippen LogP contribution is 2.42. The maximum atomic E-state index is 15.6. The van der Waals surface area contributed by atoms with Gasteiger partial charge in [-0.1, -0.05) is 48.0 Å². The maximum Gasteiger partial charge on any atom is 0.337 e. The van der Waals surface area contributed by atoms with Crippen molar-refractivity contribution in [1.82, 2.24) is 14.6 Å². The molecule has 1 N–H and O–H groups in total. The molecule has 3 heterocycles. The van der Waals surface area contributed by atoms with Crippen LogP contribution in [0, 0.1) is 26.6 Å². The summed E-state index contributed by atoms with van der Waals surface area (Å²) in [6, 6.07) is 19.7. The number of carboxylic acid groups (broad SMARTS) is 1. The number of aliphatic carboxylic acids is 1. The summed E-state index contributed by atoms with van der Waals surface area (Å²) < 4.78 is 29.1. The number of aromatic nitrogens is 3. The maximum absolute atomic E-state index is 15.6. The molecular weight excluding hydrogens is 557 g/mol. The number of nitrogens with zero attached hydrogens (tertiary/aromatic N) is 3. The van der Waals surface area contributed by atoms with Crippen molar-refractivity contribution in [1.29, 1.82) is 0 Å². The minimum absolute atomic E-state index is 0.260. The van der Waals surface area contributed by atoms with Crippen LogP contribution in [0.1, 0.15) is 61.2 Å². The molecular formula is C36H36FN3O4. The van der Waals surface area contributed by atoms with Gasteiger partial charge in [-0.2, -0.15) is 5.10 Å². The van der Waals surface area contributed by atoms with E-state index in [0.29, 0.717) is 46.9 Å². The molecule has 3 aromatic carbocycles. The van der Waals surface area contributed by atoms with E-state index in [9.17, 15) is 9.90 Å². The molecule has 0 spiro atoms. The zero-order chi connectivity index (χ0) is 31.3. The highest BCUT2D eigenvalue weighted by Gasteiger charge is 2.34. The first kappa shape index (κ1) is 29.5. The third-order valence-electron chi connectivity index (χ3n) is 7.99. The van der Waals surface area contributed by atoms with Crippen LogP contribution in [0.3, 0.4) is 0 Å². The van der Waals surface area contributed by atoms with Gasteiger partial charge in [0.05, 0.1) is 23.6 Å². The number of rotatable bonds is 6. The second-order valence-electron chi connectivity index (χ2n) is 12.4. The van der Waals surface area contributed by atoms with E-state index in [1.54, 1.807) is 32.2 Å². The topological polar surface area (TPSA) is 86.0 Å². The van der Waals surface area contributed by atoms with Crippen molar-refractivity contribution in [3.05, 3.63) is 94.4 Å². The molecule has 226 valence electrons. The highest BCUT2D eigenvalue weighted by molar-refractivity contribution is 5.83. The van der Waals surface area contributed by atoms with Gasteiger partial charge in [0.15, 0.2) is 23.3 Å². The Morgan fingerprint density at radius 1 is 1.02 bits per heavy atom. The molecule has 2 aromatic heterocycles. The fourth-order valence-electron chi connectivity index (χ4n) is 6.02. The molecule has 0 saturated heterocycles. The molecule has 1 aliphatic heterocycles. The van der Waals surface area contributed by atoms with Gasteiger partial charge in [-0.15, -0.1) is 0 Å². The number of halogens is 1. The second-order valence-corrected chi connectivity index (χ2v) is 12.4. The molecule has 1 aliphatic rings. The van der Waals surface area contributed by atoms with E-state index in [-0.39, 0.29) is 5.75 Å². The van der Waals surface area contributed by atoms with Gasteiger partial charge >= 0.3 is 5.97 Å². The highest BCUT2D eigenvalue weighted by atomic mass is 19.1. The lowest BCUT2D eigenvalue weighted by molar-refractivity contribution is -0.160. The Morgan fingerprint density at radius 2 is 1.73 bits per heavy atom. The fourth-order valence-corrected chi connectivity index (χ4v) is 6.02. The van der Waals surface area contributed by atoms with E-state index in [1.165, 1.54) is 11.6 Å². The van der Waals surface area contributed by atoms with Gasteiger partial charge in [0.2, 0.25) is 0 Å². The molecule has 0 saturated carbocycles. The Bertz CT molecular complexity index is 1920. The second kappa shape index (κ2) is 11.2. The summed E-state index contributed by atoms with van der Waals surface area (Å²) >= 11 is 0. The van der Waals surface area contributed by atoms with Gasteiger partial charge in [0, 0.05) is 34.0 Å². The summed E-state index contributed by atoms with van der Waals surface area (Å²) in [6.07, 6.45) is 0.0578. The Morgan fingerprint density at radius 3 is 2.43 bits per heavy atom. The monoisotopic (exact) mass is 593 g/mol. The molecule has 0 bridgehead atoms. The first-order valence-electron chi connectivity index (χ1n) is 14.8. The SMILES string of the molecule is Cc1cccc(-c2cccc(-c3cc4nc(C)c(C(OC(C)(C)C)C(=O)O)c(-c5cc(F)c6c(c5C)CCCO6)n4n3)c2)c1. The van der Waals surface area contributed by atoms with Crippen LogP contribution in [0.2, 0.25) is 0 Å². The quantitative estimate of drug-likeness (QED) is 0.214. The number of carbonyl (C=O) groups is 1. The lowest BCUT2D eigenvalue weighted by atomic mass is 9.91. The van der Waals surface area contributed by atoms with Crippen LogP contribution in [-0.4, -0.2) is 37.9 Å². The van der Waals surface area contributed by atoms with Gasteiger partial charge < -0.3 is 14.6 Å². The molecule has 0 fully saturated rings. The third-order valence-corrected chi connectivity index (χ3v) is 7.99. The van der Waals surface area contributed by atoms with Crippen LogP contribution in [0.15, 0.2) is 60.7 Å². The van der Waals surface area contributed by atoms with Crippen molar-refractivity contribution in [2.24, 2.45) is 0 Å². The number of benzene rings is 3. The Balaban J connectivity index is 1.62.